The molecule has 5 rings (SSSR count). The molecule has 2 aliphatic rings. The highest BCUT2D eigenvalue weighted by molar-refractivity contribution is 6.25. The molecule has 0 aromatic heterocycles. The van der Waals surface area contributed by atoms with Crippen LogP contribution in [0, 0.1) is 22.0 Å². The van der Waals surface area contributed by atoms with E-state index in [4.69, 9.17) is 0 Å². The first-order valence-electron chi connectivity index (χ1n) is 13.7. The van der Waals surface area contributed by atoms with Crippen LogP contribution in [0.2, 0.25) is 0 Å². The molecule has 2 amide bonds. The van der Waals surface area contributed by atoms with Gasteiger partial charge < -0.3 is 5.11 Å². The third-order valence-corrected chi connectivity index (χ3v) is 8.19. The standard InChI is InChI=1S/C32H31N3O6/c1-3-22-11-8-12-23(4-2)28(22)34-29(36)26-25(18-15-20-9-6-5-7-10-20)33-32(31(38)39,27(26)30(34)37)19-21-13-16-24(17-14-21)35(40)41/h5-18,25-27,33H,3-4,19H2,1-2H3,(H,38,39)/b18-15+. The maximum Gasteiger partial charge on any atom is 0.325 e. The molecule has 41 heavy (non-hydrogen) atoms. The lowest BCUT2D eigenvalue weighted by molar-refractivity contribution is -0.384. The number of carbonyl (C=O) groups is 3. The molecule has 4 unspecified atom stereocenters. The number of hydrogen-bond acceptors (Lipinski definition) is 6. The van der Waals surface area contributed by atoms with E-state index in [0.29, 0.717) is 24.1 Å². The fraction of sp³-hybridized carbons (Fsp3) is 0.281. The van der Waals surface area contributed by atoms with Gasteiger partial charge in [0.2, 0.25) is 11.8 Å². The van der Waals surface area contributed by atoms with Gasteiger partial charge in [-0.25, -0.2) is 4.90 Å². The van der Waals surface area contributed by atoms with Crippen molar-refractivity contribution >= 4 is 35.2 Å². The van der Waals surface area contributed by atoms with Crippen LogP contribution in [0.15, 0.2) is 78.9 Å². The number of non-ortho nitro benzene ring substituents is 1. The molecule has 2 fully saturated rings. The molecule has 2 aliphatic heterocycles. The first-order valence-corrected chi connectivity index (χ1v) is 13.7. The number of carboxylic acid groups (broad SMARTS) is 1. The highest BCUT2D eigenvalue weighted by atomic mass is 16.6. The maximum absolute atomic E-state index is 14.3. The monoisotopic (exact) mass is 553 g/mol. The van der Waals surface area contributed by atoms with Crippen LogP contribution >= 0.6 is 0 Å². The summed E-state index contributed by atoms with van der Waals surface area (Å²) in [5.41, 5.74) is 1.65. The second-order valence-electron chi connectivity index (χ2n) is 10.5. The van der Waals surface area contributed by atoms with Gasteiger partial charge in [0.05, 0.1) is 22.4 Å². The van der Waals surface area contributed by atoms with E-state index in [1.807, 2.05) is 68.5 Å². The van der Waals surface area contributed by atoms with Gasteiger partial charge in [0.1, 0.15) is 5.54 Å². The maximum atomic E-state index is 14.3. The molecule has 0 spiro atoms. The average molecular weight is 554 g/mol. The van der Waals surface area contributed by atoms with Crippen molar-refractivity contribution in [3.05, 3.63) is 111 Å². The minimum absolute atomic E-state index is 0.124. The van der Waals surface area contributed by atoms with E-state index in [1.54, 1.807) is 6.08 Å². The first kappa shape index (κ1) is 27.9. The summed E-state index contributed by atoms with van der Waals surface area (Å²) in [6.45, 7) is 3.90. The number of benzene rings is 3. The molecule has 3 aromatic carbocycles. The van der Waals surface area contributed by atoms with Crippen LogP contribution in [0.25, 0.3) is 6.08 Å². The number of nitro benzene ring substituents is 1. The van der Waals surface area contributed by atoms with Crippen molar-refractivity contribution < 1.29 is 24.4 Å². The van der Waals surface area contributed by atoms with Crippen LogP contribution in [0.3, 0.4) is 0 Å². The lowest BCUT2D eigenvalue weighted by atomic mass is 9.76. The highest BCUT2D eigenvalue weighted by Crippen LogP contribution is 2.47. The topological polar surface area (TPSA) is 130 Å². The Balaban J connectivity index is 1.63. The minimum Gasteiger partial charge on any atom is -0.480 e. The summed E-state index contributed by atoms with van der Waals surface area (Å²) in [7, 11) is 0. The molecule has 0 radical (unpaired) electrons. The van der Waals surface area contributed by atoms with Gasteiger partial charge in [-0.2, -0.15) is 0 Å². The van der Waals surface area contributed by atoms with E-state index in [2.05, 4.69) is 5.32 Å². The van der Waals surface area contributed by atoms with Crippen molar-refractivity contribution in [1.29, 1.82) is 0 Å². The smallest absolute Gasteiger partial charge is 0.325 e. The molecule has 0 saturated carbocycles. The van der Waals surface area contributed by atoms with E-state index < -0.39 is 46.1 Å². The van der Waals surface area contributed by atoms with Crippen molar-refractivity contribution in [3.8, 4) is 0 Å². The highest BCUT2D eigenvalue weighted by Gasteiger charge is 2.68. The van der Waals surface area contributed by atoms with Gasteiger partial charge in [0.25, 0.3) is 5.69 Å². The summed E-state index contributed by atoms with van der Waals surface area (Å²) in [6.07, 6.45) is 4.63. The molecule has 4 atom stereocenters. The largest absolute Gasteiger partial charge is 0.480 e. The van der Waals surface area contributed by atoms with Gasteiger partial charge in [-0.3, -0.25) is 29.8 Å². The summed E-state index contributed by atoms with van der Waals surface area (Å²) in [5, 5.41) is 25.0. The number of hydrogen-bond donors (Lipinski definition) is 2. The van der Waals surface area contributed by atoms with Gasteiger partial charge in [-0.1, -0.05) is 86.7 Å². The number of fused-ring (bicyclic) bond motifs is 1. The summed E-state index contributed by atoms with van der Waals surface area (Å²) >= 11 is 0. The summed E-state index contributed by atoms with van der Waals surface area (Å²) in [5.74, 6) is -4.39. The van der Waals surface area contributed by atoms with E-state index in [0.717, 1.165) is 16.7 Å². The first-order chi connectivity index (χ1) is 19.7. The predicted octanol–water partition coefficient (Wildman–Crippen LogP) is 4.58. The van der Waals surface area contributed by atoms with Crippen molar-refractivity contribution in [3.63, 3.8) is 0 Å². The zero-order valence-corrected chi connectivity index (χ0v) is 22.8. The van der Waals surface area contributed by atoms with Gasteiger partial charge >= 0.3 is 5.97 Å². The Morgan fingerprint density at radius 2 is 1.61 bits per heavy atom. The zero-order chi connectivity index (χ0) is 29.3. The number of aryl methyl sites for hydroxylation is 2. The molecular weight excluding hydrogens is 522 g/mol. The molecule has 0 bridgehead atoms. The molecule has 2 saturated heterocycles. The molecule has 210 valence electrons. The number of carboxylic acids is 1. The summed E-state index contributed by atoms with van der Waals surface area (Å²) < 4.78 is 0. The third-order valence-electron chi connectivity index (χ3n) is 8.19. The quantitative estimate of drug-likeness (QED) is 0.225. The Bertz CT molecular complexity index is 1510. The Morgan fingerprint density at radius 1 is 0.976 bits per heavy atom. The predicted molar refractivity (Wildman–Crippen MR) is 154 cm³/mol. The lowest BCUT2D eigenvalue weighted by Crippen LogP contribution is -2.58. The molecule has 2 heterocycles. The van der Waals surface area contributed by atoms with E-state index in [-0.39, 0.29) is 12.1 Å². The number of imide groups is 1. The second-order valence-corrected chi connectivity index (χ2v) is 10.5. The normalized spacial score (nSPS) is 23.8. The average Bonchev–Trinajstić information content (AvgIpc) is 3.45. The molecule has 3 aromatic rings. The van der Waals surface area contributed by atoms with Crippen molar-refractivity contribution in [1.82, 2.24) is 5.32 Å². The number of rotatable bonds is 9. The van der Waals surface area contributed by atoms with Crippen molar-refractivity contribution in [2.45, 2.75) is 44.7 Å². The summed E-state index contributed by atoms with van der Waals surface area (Å²) in [4.78, 5) is 53.5. The van der Waals surface area contributed by atoms with Gasteiger partial charge in [-0.05, 0) is 35.1 Å². The molecule has 9 heteroatoms. The number of aliphatic carboxylic acids is 1. The fourth-order valence-corrected chi connectivity index (χ4v) is 6.21. The molecule has 2 N–H and O–H groups in total. The van der Waals surface area contributed by atoms with Crippen LogP contribution in [0.5, 0.6) is 0 Å². The SMILES string of the molecule is CCc1cccc(CC)c1N1C(=O)C2C(/C=C/c3ccccc3)NC(Cc3ccc([N+](=O)[O-])cc3)(C(=O)O)C2C1=O. The fourth-order valence-electron chi connectivity index (χ4n) is 6.21. The van der Waals surface area contributed by atoms with Crippen LogP contribution < -0.4 is 10.2 Å². The van der Waals surface area contributed by atoms with Gasteiger partial charge in [0, 0.05) is 24.6 Å². The number of para-hydroxylation sites is 1. The van der Waals surface area contributed by atoms with Crippen LogP contribution in [0.1, 0.15) is 36.1 Å². The van der Waals surface area contributed by atoms with Crippen LogP contribution in [-0.4, -0.2) is 39.4 Å². The molecule has 0 aliphatic carbocycles. The van der Waals surface area contributed by atoms with Crippen molar-refractivity contribution in [2.75, 3.05) is 4.90 Å². The number of nitrogens with zero attached hydrogens (tertiary/aromatic N) is 2. The van der Waals surface area contributed by atoms with Crippen LogP contribution in [-0.2, 0) is 33.6 Å². The van der Waals surface area contributed by atoms with Crippen molar-refractivity contribution in [2.24, 2.45) is 11.8 Å². The number of amides is 2. The Kier molecular flexibility index (Phi) is 7.55. The Morgan fingerprint density at radius 3 is 2.17 bits per heavy atom. The third kappa shape index (κ3) is 4.82. The number of nitrogens with one attached hydrogen (secondary N) is 1. The number of nitro groups is 1. The number of carbonyl (C=O) groups excluding carboxylic acids is 2. The second kappa shape index (κ2) is 11.1. The van der Waals surface area contributed by atoms with E-state index >= 15 is 0 Å². The Labute approximate surface area is 237 Å². The lowest BCUT2D eigenvalue weighted by Gasteiger charge is -2.31. The minimum atomic E-state index is -1.82. The van der Waals surface area contributed by atoms with E-state index in [9.17, 15) is 29.6 Å². The summed E-state index contributed by atoms with van der Waals surface area (Å²) in [6, 6.07) is 19.9. The molecule has 9 nitrogen and oxygen atoms in total. The van der Waals surface area contributed by atoms with Gasteiger partial charge in [0.15, 0.2) is 0 Å². The van der Waals surface area contributed by atoms with E-state index in [1.165, 1.54) is 29.2 Å². The zero-order valence-electron chi connectivity index (χ0n) is 22.8. The van der Waals surface area contributed by atoms with Crippen LogP contribution in [0.4, 0.5) is 11.4 Å². The van der Waals surface area contributed by atoms with Gasteiger partial charge in [-0.15, -0.1) is 0 Å². The molecular formula is C32H31N3O6. The number of anilines is 1. The Hall–Kier alpha value is -4.63.